The van der Waals surface area contributed by atoms with E-state index >= 15 is 0 Å². The van der Waals surface area contributed by atoms with Crippen molar-refractivity contribution in [1.82, 2.24) is 5.32 Å². The van der Waals surface area contributed by atoms with Crippen molar-refractivity contribution >= 4 is 5.69 Å². The molecule has 2 rings (SSSR count). The molecule has 1 aromatic rings. The molecular weight excluding hydrogens is 212 g/mol. The van der Waals surface area contributed by atoms with E-state index in [0.29, 0.717) is 5.75 Å². The SMILES string of the molecule is CCN(CC)c1ccc(C2(NC)CC2)c(O)c1. The average molecular weight is 234 g/mol. The molecule has 0 radical (unpaired) electrons. The van der Waals surface area contributed by atoms with Crippen LogP contribution in [0.5, 0.6) is 5.75 Å². The molecule has 0 unspecified atom stereocenters. The molecule has 0 atom stereocenters. The summed E-state index contributed by atoms with van der Waals surface area (Å²) in [4.78, 5) is 2.24. The molecular formula is C14H22N2O. The molecule has 17 heavy (non-hydrogen) atoms. The molecule has 0 aliphatic heterocycles. The van der Waals surface area contributed by atoms with E-state index in [9.17, 15) is 5.11 Å². The van der Waals surface area contributed by atoms with Gasteiger partial charge < -0.3 is 15.3 Å². The minimum atomic E-state index is 0.0336. The predicted molar refractivity (Wildman–Crippen MR) is 71.6 cm³/mol. The third-order valence-electron chi connectivity index (χ3n) is 3.85. The summed E-state index contributed by atoms with van der Waals surface area (Å²) in [7, 11) is 1.96. The van der Waals surface area contributed by atoms with Gasteiger partial charge in [0, 0.05) is 35.9 Å². The number of phenolic OH excluding ortho intramolecular Hbond substituents is 1. The summed E-state index contributed by atoms with van der Waals surface area (Å²) < 4.78 is 0. The fourth-order valence-electron chi connectivity index (χ4n) is 2.49. The first-order chi connectivity index (χ1) is 8.16. The fourth-order valence-corrected chi connectivity index (χ4v) is 2.49. The van der Waals surface area contributed by atoms with Crippen molar-refractivity contribution in [1.29, 1.82) is 0 Å². The zero-order valence-corrected chi connectivity index (χ0v) is 11.0. The molecule has 2 N–H and O–H groups in total. The van der Waals surface area contributed by atoms with Gasteiger partial charge in [0.05, 0.1) is 0 Å². The molecule has 1 fully saturated rings. The van der Waals surface area contributed by atoms with Gasteiger partial charge in [0.15, 0.2) is 0 Å². The lowest BCUT2D eigenvalue weighted by molar-refractivity contribution is 0.449. The molecule has 0 amide bonds. The third-order valence-corrected chi connectivity index (χ3v) is 3.85. The van der Waals surface area contributed by atoms with Crippen molar-refractivity contribution in [3.8, 4) is 5.75 Å². The first-order valence-electron chi connectivity index (χ1n) is 6.44. The number of hydrogen-bond acceptors (Lipinski definition) is 3. The third kappa shape index (κ3) is 2.12. The molecule has 1 aliphatic rings. The van der Waals surface area contributed by atoms with Crippen molar-refractivity contribution in [3.05, 3.63) is 23.8 Å². The van der Waals surface area contributed by atoms with E-state index in [-0.39, 0.29) is 5.54 Å². The first-order valence-corrected chi connectivity index (χ1v) is 6.44. The van der Waals surface area contributed by atoms with Crippen LogP contribution in [0.4, 0.5) is 5.69 Å². The molecule has 94 valence electrons. The Hall–Kier alpha value is -1.22. The molecule has 1 saturated carbocycles. The summed E-state index contributed by atoms with van der Waals surface area (Å²) in [5.74, 6) is 0.418. The highest BCUT2D eigenvalue weighted by atomic mass is 16.3. The summed E-state index contributed by atoms with van der Waals surface area (Å²) in [5.41, 5.74) is 2.17. The fraction of sp³-hybridized carbons (Fsp3) is 0.571. The van der Waals surface area contributed by atoms with E-state index in [4.69, 9.17) is 0 Å². The number of benzene rings is 1. The number of phenols is 1. The molecule has 0 spiro atoms. The highest BCUT2D eigenvalue weighted by molar-refractivity contribution is 5.55. The van der Waals surface area contributed by atoms with Crippen molar-refractivity contribution in [2.45, 2.75) is 32.2 Å². The van der Waals surface area contributed by atoms with Crippen LogP contribution in [0.1, 0.15) is 32.3 Å². The summed E-state index contributed by atoms with van der Waals surface area (Å²) in [6.07, 6.45) is 2.23. The van der Waals surface area contributed by atoms with Crippen LogP contribution in [0.25, 0.3) is 0 Å². The quantitative estimate of drug-likeness (QED) is 0.821. The van der Waals surface area contributed by atoms with Gasteiger partial charge in [-0.15, -0.1) is 0 Å². The monoisotopic (exact) mass is 234 g/mol. The zero-order valence-electron chi connectivity index (χ0n) is 11.0. The van der Waals surface area contributed by atoms with Crippen LogP contribution in [-0.2, 0) is 5.54 Å². The molecule has 1 aliphatic carbocycles. The first kappa shape index (κ1) is 12.2. The number of anilines is 1. The topological polar surface area (TPSA) is 35.5 Å². The van der Waals surface area contributed by atoms with Crippen LogP contribution in [-0.4, -0.2) is 25.2 Å². The normalized spacial score (nSPS) is 16.9. The highest BCUT2D eigenvalue weighted by Gasteiger charge is 2.44. The molecule has 0 heterocycles. The Balaban J connectivity index is 2.29. The second-order valence-electron chi connectivity index (χ2n) is 4.71. The van der Waals surface area contributed by atoms with E-state index < -0.39 is 0 Å². The Labute approximate surface area is 103 Å². The lowest BCUT2D eigenvalue weighted by atomic mass is 10.0. The largest absolute Gasteiger partial charge is 0.508 e. The lowest BCUT2D eigenvalue weighted by Gasteiger charge is -2.23. The maximum absolute atomic E-state index is 10.2. The van der Waals surface area contributed by atoms with E-state index in [1.54, 1.807) is 0 Å². The number of hydrogen-bond donors (Lipinski definition) is 2. The average Bonchev–Trinajstić information content (AvgIpc) is 3.12. The molecule has 1 aromatic carbocycles. The summed E-state index contributed by atoms with van der Waals surface area (Å²) >= 11 is 0. The summed E-state index contributed by atoms with van der Waals surface area (Å²) in [6, 6.07) is 6.06. The number of nitrogens with zero attached hydrogens (tertiary/aromatic N) is 1. The summed E-state index contributed by atoms with van der Waals surface area (Å²) in [5, 5.41) is 13.5. The Morgan fingerprint density at radius 2 is 1.94 bits per heavy atom. The molecule has 0 aromatic heterocycles. The highest BCUT2D eigenvalue weighted by Crippen LogP contribution is 2.48. The maximum atomic E-state index is 10.2. The van der Waals surface area contributed by atoms with Crippen LogP contribution >= 0.6 is 0 Å². The molecule has 3 heteroatoms. The second-order valence-corrected chi connectivity index (χ2v) is 4.71. The van der Waals surface area contributed by atoms with Gasteiger partial charge in [0.1, 0.15) is 5.75 Å². The van der Waals surface area contributed by atoms with Crippen molar-refractivity contribution < 1.29 is 5.11 Å². The minimum Gasteiger partial charge on any atom is -0.508 e. The molecule has 3 nitrogen and oxygen atoms in total. The van der Waals surface area contributed by atoms with Gasteiger partial charge in [0.2, 0.25) is 0 Å². The summed E-state index contributed by atoms with van der Waals surface area (Å²) in [6.45, 7) is 6.19. The van der Waals surface area contributed by atoms with Gasteiger partial charge in [-0.1, -0.05) is 6.07 Å². The van der Waals surface area contributed by atoms with Crippen LogP contribution in [0.2, 0.25) is 0 Å². The zero-order chi connectivity index (χ0) is 12.5. The van der Waals surface area contributed by atoms with Crippen LogP contribution in [0.3, 0.4) is 0 Å². The van der Waals surface area contributed by atoms with E-state index in [1.807, 2.05) is 13.1 Å². The number of nitrogens with one attached hydrogen (secondary N) is 1. The Morgan fingerprint density at radius 3 is 2.35 bits per heavy atom. The van der Waals surface area contributed by atoms with Crippen LogP contribution in [0.15, 0.2) is 18.2 Å². The Kier molecular flexibility index (Phi) is 3.29. The maximum Gasteiger partial charge on any atom is 0.122 e. The van der Waals surface area contributed by atoms with Gasteiger partial charge in [-0.05, 0) is 39.8 Å². The van der Waals surface area contributed by atoms with E-state index in [2.05, 4.69) is 36.2 Å². The van der Waals surface area contributed by atoms with Crippen molar-refractivity contribution in [2.24, 2.45) is 0 Å². The van der Waals surface area contributed by atoms with Crippen LogP contribution in [0, 0.1) is 0 Å². The van der Waals surface area contributed by atoms with Crippen LogP contribution < -0.4 is 10.2 Å². The Morgan fingerprint density at radius 1 is 1.29 bits per heavy atom. The van der Waals surface area contributed by atoms with Crippen molar-refractivity contribution in [2.75, 3.05) is 25.0 Å². The minimum absolute atomic E-state index is 0.0336. The van der Waals surface area contributed by atoms with Crippen molar-refractivity contribution in [3.63, 3.8) is 0 Å². The smallest absolute Gasteiger partial charge is 0.122 e. The Bertz CT molecular complexity index is 395. The van der Waals surface area contributed by atoms with E-state index in [0.717, 1.165) is 37.2 Å². The van der Waals surface area contributed by atoms with Gasteiger partial charge in [-0.25, -0.2) is 0 Å². The van der Waals surface area contributed by atoms with Gasteiger partial charge in [-0.3, -0.25) is 0 Å². The van der Waals surface area contributed by atoms with E-state index in [1.165, 1.54) is 0 Å². The molecule has 0 bridgehead atoms. The standard InChI is InChI=1S/C14H22N2O/c1-4-16(5-2)11-6-7-12(13(17)10-11)14(15-3)8-9-14/h6-7,10,15,17H,4-5,8-9H2,1-3H3. The lowest BCUT2D eigenvalue weighted by Crippen LogP contribution is -2.25. The number of rotatable bonds is 5. The van der Waals surface area contributed by atoms with Gasteiger partial charge in [0.25, 0.3) is 0 Å². The van der Waals surface area contributed by atoms with Gasteiger partial charge >= 0.3 is 0 Å². The number of aromatic hydroxyl groups is 1. The van der Waals surface area contributed by atoms with Gasteiger partial charge in [-0.2, -0.15) is 0 Å². The second kappa shape index (κ2) is 4.57. The predicted octanol–water partition coefficient (Wildman–Crippen LogP) is 2.45. The molecule has 0 saturated heterocycles.